The minimum Gasteiger partial charge on any atom is -0.480 e. The number of piperazine rings is 1. The van der Waals surface area contributed by atoms with Crippen LogP contribution < -0.4 is 4.90 Å². The number of carboxylic acids is 1. The monoisotopic (exact) mass is 414 g/mol. The molecule has 1 saturated heterocycles. The van der Waals surface area contributed by atoms with Gasteiger partial charge in [-0.1, -0.05) is 30.3 Å². The van der Waals surface area contributed by atoms with Gasteiger partial charge in [0.15, 0.2) is 0 Å². The quantitative estimate of drug-likeness (QED) is 0.537. The number of aliphatic carboxylic acids is 1. The third kappa shape index (κ3) is 3.85. The fourth-order valence-electron chi connectivity index (χ4n) is 4.09. The van der Waals surface area contributed by atoms with E-state index in [-0.39, 0.29) is 0 Å². The summed E-state index contributed by atoms with van der Waals surface area (Å²) in [5.74, 6) is -0.179. The van der Waals surface area contributed by atoms with Crippen LogP contribution in [0.25, 0.3) is 16.6 Å². The number of rotatable bonds is 5. The predicted octanol–water partition coefficient (Wildman–Crippen LogP) is 2.59. The van der Waals surface area contributed by atoms with E-state index in [1.165, 1.54) is 6.33 Å². The molecule has 2 aromatic carbocycles. The van der Waals surface area contributed by atoms with Gasteiger partial charge in [0, 0.05) is 43.3 Å². The van der Waals surface area contributed by atoms with E-state index < -0.39 is 12.0 Å². The number of hydrogen-bond donors (Lipinski definition) is 1. The second-order valence-electron chi connectivity index (χ2n) is 7.63. The van der Waals surface area contributed by atoms with Crippen molar-refractivity contribution in [3.05, 3.63) is 78.9 Å². The van der Waals surface area contributed by atoms with Gasteiger partial charge in [-0.3, -0.25) is 4.90 Å². The Morgan fingerprint density at radius 1 is 1.03 bits per heavy atom. The molecule has 0 bridgehead atoms. The highest BCUT2D eigenvalue weighted by Crippen LogP contribution is 2.27. The summed E-state index contributed by atoms with van der Waals surface area (Å²) >= 11 is 0. The third-order valence-electron chi connectivity index (χ3n) is 5.61. The smallest absolute Gasteiger partial charge is 0.327 e. The number of fused-ring (bicyclic) bond motifs is 1. The predicted molar refractivity (Wildman–Crippen MR) is 117 cm³/mol. The van der Waals surface area contributed by atoms with Crippen LogP contribution in [0, 0.1) is 0 Å². The van der Waals surface area contributed by atoms with Gasteiger partial charge in [0.05, 0.1) is 17.4 Å². The summed E-state index contributed by atoms with van der Waals surface area (Å²) in [5.41, 5.74) is 2.86. The van der Waals surface area contributed by atoms with Gasteiger partial charge in [0.1, 0.15) is 18.2 Å². The molecule has 4 aromatic rings. The average Bonchev–Trinajstić information content (AvgIpc) is 3.28. The zero-order chi connectivity index (χ0) is 21.2. The highest BCUT2D eigenvalue weighted by molar-refractivity contribution is 5.91. The lowest BCUT2D eigenvalue weighted by molar-refractivity contribution is -0.139. The van der Waals surface area contributed by atoms with Crippen LogP contribution in [0.15, 0.2) is 73.3 Å². The van der Waals surface area contributed by atoms with Crippen molar-refractivity contribution in [1.82, 2.24) is 24.6 Å². The van der Waals surface area contributed by atoms with Crippen molar-refractivity contribution < 1.29 is 9.90 Å². The molecule has 0 radical (unpaired) electrons. The van der Waals surface area contributed by atoms with Gasteiger partial charge in [0.2, 0.25) is 0 Å². The van der Waals surface area contributed by atoms with Crippen LogP contribution in [0.2, 0.25) is 0 Å². The number of aromatic nitrogens is 4. The molecule has 1 aliphatic rings. The standard InChI is InChI=1S/C23H22N6O2/c30-23(31)21-15-27(13-17-12-26-29(14-17)18-6-2-1-3-7-18)10-11-28(21)22-19-8-4-5-9-20(19)24-16-25-22/h1-9,12,14,16,21H,10-11,13,15H2,(H,30,31). The summed E-state index contributed by atoms with van der Waals surface area (Å²) in [6.45, 7) is 2.36. The number of para-hydroxylation sites is 2. The second-order valence-corrected chi connectivity index (χ2v) is 7.63. The maximum Gasteiger partial charge on any atom is 0.327 e. The lowest BCUT2D eigenvalue weighted by atomic mass is 10.1. The van der Waals surface area contributed by atoms with Gasteiger partial charge >= 0.3 is 5.97 Å². The zero-order valence-corrected chi connectivity index (χ0v) is 16.9. The Balaban J connectivity index is 1.35. The molecule has 8 nitrogen and oxygen atoms in total. The molecule has 1 unspecified atom stereocenters. The molecule has 0 spiro atoms. The summed E-state index contributed by atoms with van der Waals surface area (Å²) in [7, 11) is 0. The maximum absolute atomic E-state index is 12.1. The fraction of sp³-hybridized carbons (Fsp3) is 0.217. The van der Waals surface area contributed by atoms with E-state index in [2.05, 4.69) is 20.0 Å². The van der Waals surface area contributed by atoms with Crippen LogP contribution in [0.4, 0.5) is 5.82 Å². The Kier molecular flexibility index (Phi) is 5.05. The average molecular weight is 414 g/mol. The Bertz CT molecular complexity index is 1200. The minimum absolute atomic E-state index is 0.407. The van der Waals surface area contributed by atoms with E-state index in [9.17, 15) is 9.90 Å². The summed E-state index contributed by atoms with van der Waals surface area (Å²) in [4.78, 5) is 24.9. The SMILES string of the molecule is O=C(O)C1CN(Cc2cnn(-c3ccccc3)c2)CCN1c1ncnc2ccccc12. The molecule has 1 fully saturated rings. The lowest BCUT2D eigenvalue weighted by Gasteiger charge is -2.40. The lowest BCUT2D eigenvalue weighted by Crippen LogP contribution is -2.56. The Hall–Kier alpha value is -3.78. The summed E-state index contributed by atoms with van der Waals surface area (Å²) < 4.78 is 1.84. The van der Waals surface area contributed by atoms with Crippen LogP contribution in [0.5, 0.6) is 0 Å². The molecular formula is C23H22N6O2. The molecule has 31 heavy (non-hydrogen) atoms. The first-order valence-corrected chi connectivity index (χ1v) is 10.2. The number of benzene rings is 2. The molecule has 0 amide bonds. The van der Waals surface area contributed by atoms with Crippen LogP contribution >= 0.6 is 0 Å². The summed E-state index contributed by atoms with van der Waals surface area (Å²) in [5, 5.41) is 15.3. The number of anilines is 1. The number of carboxylic acid groups (broad SMARTS) is 1. The van der Waals surface area contributed by atoms with E-state index in [4.69, 9.17) is 0 Å². The van der Waals surface area contributed by atoms with Crippen molar-refractivity contribution in [3.63, 3.8) is 0 Å². The normalized spacial score (nSPS) is 17.2. The van der Waals surface area contributed by atoms with Gasteiger partial charge in [-0.25, -0.2) is 19.4 Å². The van der Waals surface area contributed by atoms with Crippen molar-refractivity contribution in [1.29, 1.82) is 0 Å². The van der Waals surface area contributed by atoms with E-state index in [0.717, 1.165) is 28.7 Å². The first-order chi connectivity index (χ1) is 15.2. The van der Waals surface area contributed by atoms with E-state index in [1.54, 1.807) is 0 Å². The minimum atomic E-state index is -0.854. The van der Waals surface area contributed by atoms with Gasteiger partial charge in [-0.05, 0) is 24.3 Å². The highest BCUT2D eigenvalue weighted by Gasteiger charge is 2.34. The fourth-order valence-corrected chi connectivity index (χ4v) is 4.09. The number of nitrogens with zero attached hydrogens (tertiary/aromatic N) is 6. The van der Waals surface area contributed by atoms with Gasteiger partial charge in [-0.15, -0.1) is 0 Å². The van der Waals surface area contributed by atoms with E-state index >= 15 is 0 Å². The van der Waals surface area contributed by atoms with Gasteiger partial charge < -0.3 is 10.0 Å². The Morgan fingerprint density at radius 2 is 1.84 bits per heavy atom. The third-order valence-corrected chi connectivity index (χ3v) is 5.61. The molecule has 0 aliphatic carbocycles. The molecule has 3 heterocycles. The van der Waals surface area contributed by atoms with Crippen LogP contribution in [-0.4, -0.2) is 61.4 Å². The number of hydrogen-bond acceptors (Lipinski definition) is 6. The number of carbonyl (C=O) groups is 1. The molecule has 1 atom stereocenters. The first-order valence-electron chi connectivity index (χ1n) is 10.2. The van der Waals surface area contributed by atoms with Gasteiger partial charge in [-0.2, -0.15) is 5.10 Å². The van der Waals surface area contributed by atoms with Crippen molar-refractivity contribution in [2.24, 2.45) is 0 Å². The van der Waals surface area contributed by atoms with Crippen molar-refractivity contribution in [2.45, 2.75) is 12.6 Å². The first kappa shape index (κ1) is 19.2. The topological polar surface area (TPSA) is 87.4 Å². The highest BCUT2D eigenvalue weighted by atomic mass is 16.4. The second kappa shape index (κ2) is 8.16. The van der Waals surface area contributed by atoms with E-state index in [0.29, 0.717) is 25.5 Å². The van der Waals surface area contributed by atoms with Gasteiger partial charge in [0.25, 0.3) is 0 Å². The molecule has 2 aromatic heterocycles. The molecule has 1 aliphatic heterocycles. The van der Waals surface area contributed by atoms with Crippen molar-refractivity contribution >= 4 is 22.7 Å². The molecule has 5 rings (SSSR count). The summed E-state index contributed by atoms with van der Waals surface area (Å²) in [6, 6.07) is 16.9. The van der Waals surface area contributed by atoms with Crippen LogP contribution in [0.1, 0.15) is 5.56 Å². The Morgan fingerprint density at radius 3 is 2.68 bits per heavy atom. The summed E-state index contributed by atoms with van der Waals surface area (Å²) in [6.07, 6.45) is 5.34. The largest absolute Gasteiger partial charge is 0.480 e. The van der Waals surface area contributed by atoms with Crippen molar-refractivity contribution in [2.75, 3.05) is 24.5 Å². The van der Waals surface area contributed by atoms with E-state index in [1.807, 2.05) is 76.6 Å². The Labute approximate surface area is 179 Å². The van der Waals surface area contributed by atoms with Crippen LogP contribution in [-0.2, 0) is 11.3 Å². The molecule has 8 heteroatoms. The molecular weight excluding hydrogens is 392 g/mol. The van der Waals surface area contributed by atoms with Crippen molar-refractivity contribution in [3.8, 4) is 5.69 Å². The molecule has 156 valence electrons. The molecule has 0 saturated carbocycles. The zero-order valence-electron chi connectivity index (χ0n) is 16.9. The molecule has 1 N–H and O–H groups in total. The van der Waals surface area contributed by atoms with Crippen LogP contribution in [0.3, 0.4) is 0 Å². The maximum atomic E-state index is 12.1.